The molecular weight excluding hydrogens is 250 g/mol. The molecule has 0 fully saturated rings. The van der Waals surface area contributed by atoms with Gasteiger partial charge in [0.15, 0.2) is 0 Å². The molecule has 0 saturated heterocycles. The molecule has 0 radical (unpaired) electrons. The average molecular weight is 273 g/mol. The number of imidazole rings is 1. The second-order valence-electron chi connectivity index (χ2n) is 6.08. The minimum atomic E-state index is 0.00526. The lowest BCUT2D eigenvalue weighted by Gasteiger charge is -2.24. The molecule has 108 valence electrons. The van der Waals surface area contributed by atoms with Crippen LogP contribution in [0.1, 0.15) is 37.6 Å². The fourth-order valence-electron chi connectivity index (χ4n) is 2.43. The van der Waals surface area contributed by atoms with Crippen LogP contribution in [0.25, 0.3) is 11.3 Å². The summed E-state index contributed by atoms with van der Waals surface area (Å²) in [6, 6.07) is 4.28. The number of rotatable bonds is 3. The van der Waals surface area contributed by atoms with E-state index in [2.05, 4.69) is 49.8 Å². The molecule has 3 N–H and O–H groups in total. The highest BCUT2D eigenvalue weighted by Gasteiger charge is 2.24. The van der Waals surface area contributed by atoms with Crippen LogP contribution in [0.5, 0.6) is 5.75 Å². The molecule has 1 heterocycles. The molecule has 4 heteroatoms. The molecule has 0 aliphatic heterocycles. The summed E-state index contributed by atoms with van der Waals surface area (Å²) in [4.78, 5) is 7.51. The second-order valence-corrected chi connectivity index (χ2v) is 6.08. The molecule has 1 aromatic carbocycles. The van der Waals surface area contributed by atoms with Gasteiger partial charge >= 0.3 is 0 Å². The fraction of sp³-hybridized carbons (Fsp3) is 0.438. The van der Waals surface area contributed by atoms with E-state index >= 15 is 0 Å². The Hall–Kier alpha value is -1.81. The van der Waals surface area contributed by atoms with Gasteiger partial charge in [-0.05, 0) is 24.0 Å². The van der Waals surface area contributed by atoms with Gasteiger partial charge in [-0.1, -0.05) is 26.8 Å². The third kappa shape index (κ3) is 2.56. The van der Waals surface area contributed by atoms with Crippen molar-refractivity contribution in [2.75, 3.05) is 7.11 Å². The van der Waals surface area contributed by atoms with E-state index in [0.29, 0.717) is 6.54 Å². The predicted molar refractivity (Wildman–Crippen MR) is 81.9 cm³/mol. The highest BCUT2D eigenvalue weighted by molar-refractivity contribution is 5.72. The molecule has 0 bridgehead atoms. The molecule has 0 amide bonds. The van der Waals surface area contributed by atoms with E-state index in [1.54, 1.807) is 13.4 Å². The Morgan fingerprint density at radius 1 is 1.30 bits per heavy atom. The third-order valence-corrected chi connectivity index (χ3v) is 3.42. The van der Waals surface area contributed by atoms with Crippen LogP contribution in [0, 0.1) is 6.92 Å². The van der Waals surface area contributed by atoms with Gasteiger partial charge in [0.05, 0.1) is 24.8 Å². The first-order valence-electron chi connectivity index (χ1n) is 6.80. The summed E-state index contributed by atoms with van der Waals surface area (Å²) >= 11 is 0. The van der Waals surface area contributed by atoms with Crippen LogP contribution in [-0.2, 0) is 12.0 Å². The van der Waals surface area contributed by atoms with Crippen molar-refractivity contribution >= 4 is 0 Å². The minimum Gasteiger partial charge on any atom is -0.496 e. The number of aromatic amines is 1. The Balaban J connectivity index is 2.73. The van der Waals surface area contributed by atoms with E-state index in [9.17, 15) is 0 Å². The monoisotopic (exact) mass is 273 g/mol. The van der Waals surface area contributed by atoms with Gasteiger partial charge in [-0.15, -0.1) is 0 Å². The molecule has 20 heavy (non-hydrogen) atoms. The molecule has 2 rings (SSSR count). The topological polar surface area (TPSA) is 63.9 Å². The van der Waals surface area contributed by atoms with Gasteiger partial charge in [0, 0.05) is 17.7 Å². The van der Waals surface area contributed by atoms with Crippen LogP contribution in [-0.4, -0.2) is 17.1 Å². The molecule has 2 aromatic rings. The number of ether oxygens (including phenoxy) is 1. The van der Waals surface area contributed by atoms with Gasteiger partial charge in [-0.25, -0.2) is 4.98 Å². The number of aryl methyl sites for hydroxylation is 1. The zero-order chi connectivity index (χ0) is 14.9. The smallest absolute Gasteiger partial charge is 0.132 e. The number of aromatic nitrogens is 2. The van der Waals surface area contributed by atoms with Crippen molar-refractivity contribution in [3.8, 4) is 17.0 Å². The molecule has 0 atom stereocenters. The van der Waals surface area contributed by atoms with Crippen molar-refractivity contribution in [2.45, 2.75) is 39.7 Å². The maximum atomic E-state index is 5.77. The summed E-state index contributed by atoms with van der Waals surface area (Å²) in [7, 11) is 1.71. The number of methoxy groups -OCH3 is 1. The first-order valence-corrected chi connectivity index (χ1v) is 6.80. The van der Waals surface area contributed by atoms with Crippen LogP contribution in [0.4, 0.5) is 0 Å². The van der Waals surface area contributed by atoms with Crippen LogP contribution < -0.4 is 10.5 Å². The van der Waals surface area contributed by atoms with Gasteiger partial charge in [0.2, 0.25) is 0 Å². The zero-order valence-electron chi connectivity index (χ0n) is 12.9. The van der Waals surface area contributed by atoms with Gasteiger partial charge in [-0.2, -0.15) is 0 Å². The Morgan fingerprint density at radius 3 is 2.55 bits per heavy atom. The number of hydrogen-bond acceptors (Lipinski definition) is 3. The maximum absolute atomic E-state index is 5.77. The lowest BCUT2D eigenvalue weighted by Crippen LogP contribution is -2.14. The van der Waals surface area contributed by atoms with E-state index in [4.69, 9.17) is 10.5 Å². The Bertz CT molecular complexity index is 609. The standard InChI is InChI=1S/C16H23N3O/c1-10-6-11(14-13(8-17)18-9-19-14)15(20-5)12(7-10)16(2,3)4/h6-7,9H,8,17H2,1-5H3,(H,18,19). The first-order chi connectivity index (χ1) is 9.38. The molecular formula is C16H23N3O. The van der Waals surface area contributed by atoms with Crippen molar-refractivity contribution in [3.05, 3.63) is 35.3 Å². The van der Waals surface area contributed by atoms with Gasteiger partial charge in [0.25, 0.3) is 0 Å². The van der Waals surface area contributed by atoms with Gasteiger partial charge in [-0.3, -0.25) is 0 Å². The van der Waals surface area contributed by atoms with Crippen LogP contribution >= 0.6 is 0 Å². The number of benzene rings is 1. The molecule has 0 saturated carbocycles. The van der Waals surface area contributed by atoms with E-state index in [-0.39, 0.29) is 5.41 Å². The number of nitrogens with one attached hydrogen (secondary N) is 1. The average Bonchev–Trinajstić information content (AvgIpc) is 2.84. The normalized spacial score (nSPS) is 11.7. The summed E-state index contributed by atoms with van der Waals surface area (Å²) in [5.74, 6) is 0.880. The summed E-state index contributed by atoms with van der Waals surface area (Å²) in [6.07, 6.45) is 1.68. The quantitative estimate of drug-likeness (QED) is 0.903. The van der Waals surface area contributed by atoms with E-state index in [1.165, 1.54) is 11.1 Å². The Morgan fingerprint density at radius 2 is 2.00 bits per heavy atom. The third-order valence-electron chi connectivity index (χ3n) is 3.42. The molecule has 0 aliphatic rings. The van der Waals surface area contributed by atoms with Gasteiger partial charge in [0.1, 0.15) is 5.75 Å². The summed E-state index contributed by atoms with van der Waals surface area (Å²) < 4.78 is 5.69. The van der Waals surface area contributed by atoms with E-state index in [0.717, 1.165) is 22.7 Å². The highest BCUT2D eigenvalue weighted by atomic mass is 16.5. The fourth-order valence-corrected chi connectivity index (χ4v) is 2.43. The Labute approximate surface area is 120 Å². The molecule has 0 unspecified atom stereocenters. The molecule has 4 nitrogen and oxygen atoms in total. The van der Waals surface area contributed by atoms with Crippen LogP contribution in [0.15, 0.2) is 18.5 Å². The second kappa shape index (κ2) is 5.29. The Kier molecular flexibility index (Phi) is 3.86. The number of H-pyrrole nitrogens is 1. The van der Waals surface area contributed by atoms with Crippen molar-refractivity contribution in [2.24, 2.45) is 5.73 Å². The summed E-state index contributed by atoms with van der Waals surface area (Å²) in [5.41, 5.74) is 10.9. The molecule has 0 spiro atoms. The van der Waals surface area contributed by atoms with Gasteiger partial charge < -0.3 is 15.5 Å². The molecule has 1 aromatic heterocycles. The predicted octanol–water partition coefficient (Wildman–Crippen LogP) is 3.15. The van der Waals surface area contributed by atoms with Crippen LogP contribution in [0.3, 0.4) is 0 Å². The van der Waals surface area contributed by atoms with Crippen molar-refractivity contribution < 1.29 is 4.74 Å². The van der Waals surface area contributed by atoms with Crippen LogP contribution in [0.2, 0.25) is 0 Å². The van der Waals surface area contributed by atoms with E-state index in [1.807, 2.05) is 0 Å². The summed E-state index contributed by atoms with van der Waals surface area (Å²) in [6.45, 7) is 9.07. The highest BCUT2D eigenvalue weighted by Crippen LogP contribution is 2.40. The lowest BCUT2D eigenvalue weighted by molar-refractivity contribution is 0.399. The van der Waals surface area contributed by atoms with Crippen molar-refractivity contribution in [1.29, 1.82) is 0 Å². The van der Waals surface area contributed by atoms with E-state index < -0.39 is 0 Å². The zero-order valence-corrected chi connectivity index (χ0v) is 12.9. The molecule has 0 aliphatic carbocycles. The summed E-state index contributed by atoms with van der Waals surface area (Å²) in [5, 5.41) is 0. The SMILES string of the molecule is COc1c(-c2nc[nH]c2CN)cc(C)cc1C(C)(C)C. The van der Waals surface area contributed by atoms with Crippen molar-refractivity contribution in [1.82, 2.24) is 9.97 Å². The number of nitrogens with two attached hydrogens (primary N) is 1. The number of nitrogens with zero attached hydrogens (tertiary/aromatic N) is 1. The first kappa shape index (κ1) is 14.6. The largest absolute Gasteiger partial charge is 0.496 e. The maximum Gasteiger partial charge on any atom is 0.132 e. The lowest BCUT2D eigenvalue weighted by atomic mass is 9.83. The van der Waals surface area contributed by atoms with Crippen molar-refractivity contribution in [3.63, 3.8) is 0 Å². The minimum absolute atomic E-state index is 0.00526. The number of hydrogen-bond donors (Lipinski definition) is 2.